The number of aliphatic hydroxyl groups is 1. The molecule has 31 heavy (non-hydrogen) atoms. The Balaban J connectivity index is 1.31. The Bertz CT molecular complexity index is 1020. The Morgan fingerprint density at radius 3 is 2.87 bits per heavy atom. The highest BCUT2D eigenvalue weighted by Gasteiger charge is 2.39. The molecule has 1 fully saturated rings. The number of hydrogen-bond donors (Lipinski definition) is 1. The first-order valence-electron chi connectivity index (χ1n) is 10.1. The topological polar surface area (TPSA) is 56.2 Å². The van der Waals surface area contributed by atoms with Gasteiger partial charge in [-0.25, -0.2) is 9.18 Å². The van der Waals surface area contributed by atoms with Crippen molar-refractivity contribution < 1.29 is 19.0 Å². The molecule has 0 radical (unpaired) electrons. The average Bonchev–Trinajstić information content (AvgIpc) is 3.40. The van der Waals surface area contributed by atoms with Gasteiger partial charge in [0.15, 0.2) is 6.23 Å². The van der Waals surface area contributed by atoms with E-state index in [0.717, 1.165) is 13.0 Å². The number of amides is 1. The summed E-state index contributed by atoms with van der Waals surface area (Å²) in [5.74, 6) is -0.369. The number of rotatable bonds is 5. The van der Waals surface area contributed by atoms with Gasteiger partial charge in [-0.1, -0.05) is 47.8 Å². The minimum atomic E-state index is -0.498. The maximum absolute atomic E-state index is 15.1. The molecule has 0 saturated carbocycles. The Morgan fingerprint density at radius 2 is 2.06 bits per heavy atom. The summed E-state index contributed by atoms with van der Waals surface area (Å²) in [7, 11) is 0. The van der Waals surface area contributed by atoms with E-state index in [1.165, 1.54) is 33.9 Å². The number of nitrogens with zero attached hydrogens (tertiary/aromatic N) is 3. The second kappa shape index (κ2) is 8.64. The van der Waals surface area contributed by atoms with Crippen LogP contribution in [0.1, 0.15) is 11.1 Å². The summed E-state index contributed by atoms with van der Waals surface area (Å²) < 4.78 is 20.6. The van der Waals surface area contributed by atoms with Crippen molar-refractivity contribution in [2.75, 3.05) is 28.8 Å². The third kappa shape index (κ3) is 3.97. The van der Waals surface area contributed by atoms with Crippen molar-refractivity contribution in [2.24, 2.45) is 0 Å². The zero-order chi connectivity index (χ0) is 21.4. The van der Waals surface area contributed by atoms with Crippen LogP contribution in [-0.2, 0) is 17.7 Å². The molecule has 2 atom stereocenters. The molecule has 9 heteroatoms. The van der Waals surface area contributed by atoms with Crippen LogP contribution in [-0.4, -0.2) is 46.1 Å². The fourth-order valence-electron chi connectivity index (χ4n) is 4.17. The van der Waals surface area contributed by atoms with E-state index in [1.807, 2.05) is 33.5 Å². The van der Waals surface area contributed by atoms with Crippen LogP contribution in [0.2, 0.25) is 0 Å². The molecule has 2 aromatic rings. The van der Waals surface area contributed by atoms with Crippen LogP contribution in [0.15, 0.2) is 54.1 Å². The van der Waals surface area contributed by atoms with Crippen LogP contribution in [0.5, 0.6) is 0 Å². The SMILES string of the molecule is O=C1OC(N2C=CS[C@H]2SCO)CN1c1ccc(N2CCc3ccccc3C2)c(F)c1. The van der Waals surface area contributed by atoms with Gasteiger partial charge in [-0.2, -0.15) is 0 Å². The number of hydrogen-bond acceptors (Lipinski definition) is 7. The van der Waals surface area contributed by atoms with E-state index in [2.05, 4.69) is 12.1 Å². The highest BCUT2D eigenvalue weighted by molar-refractivity contribution is 8.18. The molecule has 0 bridgehead atoms. The number of thioether (sulfide) groups is 2. The summed E-state index contributed by atoms with van der Waals surface area (Å²) in [5.41, 5.74) is 3.55. The first-order chi connectivity index (χ1) is 15.1. The first-order valence-corrected chi connectivity index (χ1v) is 12.0. The van der Waals surface area contributed by atoms with Gasteiger partial charge >= 0.3 is 6.09 Å². The fraction of sp³-hybridized carbons (Fsp3) is 0.318. The number of aliphatic hydroxyl groups excluding tert-OH is 1. The second-order valence-corrected chi connectivity index (χ2v) is 9.82. The standard InChI is InChI=1S/C22H22FN3O3S2/c23-18-11-17(5-6-19(18)24-8-7-15-3-1-2-4-16(15)12-24)26-13-20(29-21(26)28)25-9-10-30-22(25)31-14-27/h1-6,9-11,20,22,27H,7-8,12-14H2/t20?,22-/m0/s1. The Kier molecular flexibility index (Phi) is 5.73. The van der Waals surface area contributed by atoms with E-state index in [1.54, 1.807) is 23.9 Å². The average molecular weight is 460 g/mol. The summed E-state index contributed by atoms with van der Waals surface area (Å²) in [4.78, 5) is 17.9. The lowest BCUT2D eigenvalue weighted by Gasteiger charge is -2.31. The van der Waals surface area contributed by atoms with Gasteiger partial charge in [0, 0.05) is 19.3 Å². The normalized spacial score (nSPS) is 22.8. The first kappa shape index (κ1) is 20.5. The lowest BCUT2D eigenvalue weighted by molar-refractivity contribution is 0.0604. The molecule has 3 aliphatic rings. The third-order valence-electron chi connectivity index (χ3n) is 5.73. The molecule has 162 valence electrons. The van der Waals surface area contributed by atoms with E-state index in [-0.39, 0.29) is 16.5 Å². The zero-order valence-corrected chi connectivity index (χ0v) is 18.3. The fourth-order valence-corrected chi connectivity index (χ4v) is 6.06. The summed E-state index contributed by atoms with van der Waals surface area (Å²) in [6.45, 7) is 1.72. The number of halogens is 1. The number of fused-ring (bicyclic) bond motifs is 1. The second-order valence-electron chi connectivity index (χ2n) is 7.50. The van der Waals surface area contributed by atoms with E-state index < -0.39 is 12.3 Å². The zero-order valence-electron chi connectivity index (χ0n) is 16.7. The van der Waals surface area contributed by atoms with Crippen LogP contribution in [0.4, 0.5) is 20.6 Å². The molecule has 0 aliphatic carbocycles. The van der Waals surface area contributed by atoms with Gasteiger partial charge in [0.05, 0.1) is 23.9 Å². The monoisotopic (exact) mass is 459 g/mol. The van der Waals surface area contributed by atoms with E-state index >= 15 is 4.39 Å². The Hall–Kier alpha value is -2.36. The van der Waals surface area contributed by atoms with Crippen molar-refractivity contribution in [3.63, 3.8) is 0 Å². The molecule has 1 unspecified atom stereocenters. The lowest BCUT2D eigenvalue weighted by Crippen LogP contribution is -2.37. The third-order valence-corrected chi connectivity index (χ3v) is 7.91. The van der Waals surface area contributed by atoms with Gasteiger partial charge in [0.2, 0.25) is 0 Å². The molecular weight excluding hydrogens is 437 g/mol. The van der Waals surface area contributed by atoms with Crippen molar-refractivity contribution in [1.29, 1.82) is 0 Å². The highest BCUT2D eigenvalue weighted by atomic mass is 32.2. The van der Waals surface area contributed by atoms with E-state index in [4.69, 9.17) is 4.74 Å². The van der Waals surface area contributed by atoms with Crippen LogP contribution >= 0.6 is 23.5 Å². The van der Waals surface area contributed by atoms with Crippen molar-refractivity contribution >= 4 is 41.0 Å². The number of ether oxygens (including phenoxy) is 1. The van der Waals surface area contributed by atoms with Crippen molar-refractivity contribution in [2.45, 2.75) is 23.9 Å². The molecule has 6 nitrogen and oxygen atoms in total. The molecule has 5 rings (SSSR count). The molecule has 2 aromatic carbocycles. The summed E-state index contributed by atoms with van der Waals surface area (Å²) in [6, 6.07) is 13.2. The maximum atomic E-state index is 15.1. The number of benzene rings is 2. The van der Waals surface area contributed by atoms with Gasteiger partial charge in [0.25, 0.3) is 0 Å². The van der Waals surface area contributed by atoms with Crippen LogP contribution < -0.4 is 9.80 Å². The minimum absolute atomic E-state index is 0.0200. The number of cyclic esters (lactones) is 1. The summed E-state index contributed by atoms with van der Waals surface area (Å²) >= 11 is 2.90. The van der Waals surface area contributed by atoms with Gasteiger partial charge in [-0.3, -0.25) is 4.90 Å². The predicted octanol–water partition coefficient (Wildman–Crippen LogP) is 4.16. The molecule has 1 amide bonds. The Labute approximate surface area is 188 Å². The van der Waals surface area contributed by atoms with Crippen LogP contribution in [0.25, 0.3) is 0 Å². The largest absolute Gasteiger partial charge is 0.423 e. The van der Waals surface area contributed by atoms with Gasteiger partial charge in [-0.15, -0.1) is 0 Å². The smallest absolute Gasteiger partial charge is 0.416 e. The molecule has 0 spiro atoms. The lowest BCUT2D eigenvalue weighted by atomic mass is 9.99. The molecular formula is C22H22FN3O3S2. The van der Waals surface area contributed by atoms with Gasteiger partial charge in [-0.05, 0) is 41.2 Å². The van der Waals surface area contributed by atoms with Gasteiger partial charge in [0.1, 0.15) is 10.5 Å². The van der Waals surface area contributed by atoms with Crippen molar-refractivity contribution in [3.05, 3.63) is 71.0 Å². The highest BCUT2D eigenvalue weighted by Crippen LogP contribution is 2.38. The Morgan fingerprint density at radius 1 is 1.23 bits per heavy atom. The molecule has 1 saturated heterocycles. The van der Waals surface area contributed by atoms with Crippen molar-refractivity contribution in [1.82, 2.24) is 4.90 Å². The maximum Gasteiger partial charge on any atom is 0.416 e. The predicted molar refractivity (Wildman–Crippen MR) is 122 cm³/mol. The quantitative estimate of drug-likeness (QED) is 0.674. The molecule has 1 N–H and O–H groups in total. The summed E-state index contributed by atoms with van der Waals surface area (Å²) in [6.07, 6.45) is 1.76. The minimum Gasteiger partial charge on any atom is -0.423 e. The number of anilines is 2. The van der Waals surface area contributed by atoms with Crippen LogP contribution in [0, 0.1) is 5.82 Å². The number of carbonyl (C=O) groups is 1. The van der Waals surface area contributed by atoms with Gasteiger partial charge < -0.3 is 19.6 Å². The molecule has 3 heterocycles. The van der Waals surface area contributed by atoms with Crippen molar-refractivity contribution in [3.8, 4) is 0 Å². The number of carbonyl (C=O) groups excluding carboxylic acids is 1. The summed E-state index contributed by atoms with van der Waals surface area (Å²) in [5, 5.41) is 11.1. The van der Waals surface area contributed by atoms with Crippen LogP contribution in [0.3, 0.4) is 0 Å². The van der Waals surface area contributed by atoms with E-state index in [9.17, 15) is 9.90 Å². The molecule has 3 aliphatic heterocycles. The van der Waals surface area contributed by atoms with E-state index in [0.29, 0.717) is 24.5 Å². The molecule has 0 aromatic heterocycles.